The molecule has 5 nitrogen and oxygen atoms in total. The lowest BCUT2D eigenvalue weighted by Crippen LogP contribution is -2.34. The largest absolute Gasteiger partial charge is 0.316 e. The summed E-state index contributed by atoms with van der Waals surface area (Å²) in [6.07, 6.45) is 3.81. The van der Waals surface area contributed by atoms with Crippen molar-refractivity contribution in [2.24, 2.45) is 5.92 Å². The summed E-state index contributed by atoms with van der Waals surface area (Å²) in [6.45, 7) is 2.59. The molecule has 100 valence electrons. The van der Waals surface area contributed by atoms with Crippen LogP contribution in [0, 0.1) is 5.92 Å². The topological polar surface area (TPSA) is 71.1 Å². The zero-order valence-electron chi connectivity index (χ0n) is 10.7. The lowest BCUT2D eigenvalue weighted by atomic mass is 10.2. The summed E-state index contributed by atoms with van der Waals surface area (Å²) in [5.41, 5.74) is 0.965. The van der Waals surface area contributed by atoms with E-state index in [2.05, 4.69) is 15.0 Å². The van der Waals surface area contributed by atoms with E-state index in [9.17, 15) is 8.42 Å². The van der Waals surface area contributed by atoms with Crippen molar-refractivity contribution in [2.75, 3.05) is 7.05 Å². The molecular formula is C12H19N3O2S. The van der Waals surface area contributed by atoms with Gasteiger partial charge in [0.15, 0.2) is 5.03 Å². The van der Waals surface area contributed by atoms with E-state index in [1.54, 1.807) is 18.3 Å². The third-order valence-electron chi connectivity index (χ3n) is 3.12. The standard InChI is InChI=1S/C12H19N3O2S/c1-9(11-4-5-11)15-18(16,17)12-6-3-10(7-13-2)8-14-12/h3,6,8-9,11,13,15H,4-5,7H2,1-2H3. The van der Waals surface area contributed by atoms with E-state index in [4.69, 9.17) is 0 Å². The van der Waals surface area contributed by atoms with Gasteiger partial charge in [0, 0.05) is 18.8 Å². The van der Waals surface area contributed by atoms with E-state index < -0.39 is 10.0 Å². The Hall–Kier alpha value is -0.980. The molecule has 2 N–H and O–H groups in total. The monoisotopic (exact) mass is 269 g/mol. The molecule has 1 aromatic rings. The van der Waals surface area contributed by atoms with E-state index in [1.807, 2.05) is 14.0 Å². The second kappa shape index (κ2) is 5.34. The van der Waals surface area contributed by atoms with Crippen LogP contribution < -0.4 is 10.0 Å². The lowest BCUT2D eigenvalue weighted by Gasteiger charge is -2.12. The molecule has 1 fully saturated rings. The van der Waals surface area contributed by atoms with Gasteiger partial charge in [-0.05, 0) is 44.4 Å². The van der Waals surface area contributed by atoms with E-state index in [0.29, 0.717) is 12.5 Å². The van der Waals surface area contributed by atoms with Crippen molar-refractivity contribution in [3.8, 4) is 0 Å². The third-order valence-corrected chi connectivity index (χ3v) is 4.60. The van der Waals surface area contributed by atoms with Crippen molar-refractivity contribution in [3.05, 3.63) is 23.9 Å². The maximum atomic E-state index is 12.1. The summed E-state index contributed by atoms with van der Waals surface area (Å²) in [5.74, 6) is 0.489. The normalized spacial score (nSPS) is 17.7. The van der Waals surface area contributed by atoms with E-state index in [1.165, 1.54) is 0 Å². The highest BCUT2D eigenvalue weighted by molar-refractivity contribution is 7.89. The molecule has 0 saturated heterocycles. The van der Waals surface area contributed by atoms with Gasteiger partial charge in [0.25, 0.3) is 10.0 Å². The van der Waals surface area contributed by atoms with Crippen LogP contribution in [0.4, 0.5) is 0 Å². The quantitative estimate of drug-likeness (QED) is 0.804. The molecule has 0 bridgehead atoms. The molecule has 1 atom stereocenters. The van der Waals surface area contributed by atoms with Crippen molar-refractivity contribution in [1.29, 1.82) is 0 Å². The van der Waals surface area contributed by atoms with Crippen molar-refractivity contribution in [2.45, 2.75) is 37.4 Å². The molecule has 2 rings (SSSR count). The molecule has 18 heavy (non-hydrogen) atoms. The van der Waals surface area contributed by atoms with E-state index in [-0.39, 0.29) is 11.1 Å². The van der Waals surface area contributed by atoms with Crippen LogP contribution in [-0.2, 0) is 16.6 Å². The predicted molar refractivity (Wildman–Crippen MR) is 69.5 cm³/mol. The number of hydrogen-bond donors (Lipinski definition) is 2. The van der Waals surface area contributed by atoms with E-state index in [0.717, 1.165) is 18.4 Å². The first-order valence-electron chi connectivity index (χ1n) is 6.15. The summed E-state index contributed by atoms with van der Waals surface area (Å²) in [4.78, 5) is 4.01. The molecule has 0 amide bonds. The van der Waals surface area contributed by atoms with Crippen molar-refractivity contribution < 1.29 is 8.42 Å². The number of rotatable bonds is 6. The van der Waals surface area contributed by atoms with Gasteiger partial charge in [0.1, 0.15) is 0 Å². The average Bonchev–Trinajstić information content (AvgIpc) is 3.13. The first-order chi connectivity index (χ1) is 8.53. The van der Waals surface area contributed by atoms with Crippen LogP contribution in [0.1, 0.15) is 25.3 Å². The summed E-state index contributed by atoms with van der Waals surface area (Å²) >= 11 is 0. The second-order valence-corrected chi connectivity index (χ2v) is 6.44. The van der Waals surface area contributed by atoms with Crippen molar-refractivity contribution in [1.82, 2.24) is 15.0 Å². The predicted octanol–water partition coefficient (Wildman–Crippen LogP) is 0.878. The Morgan fingerprint density at radius 1 is 1.44 bits per heavy atom. The fourth-order valence-electron chi connectivity index (χ4n) is 1.88. The number of hydrogen-bond acceptors (Lipinski definition) is 4. The number of nitrogens with one attached hydrogen (secondary N) is 2. The van der Waals surface area contributed by atoms with Gasteiger partial charge >= 0.3 is 0 Å². The van der Waals surface area contributed by atoms with Crippen LogP contribution >= 0.6 is 0 Å². The van der Waals surface area contributed by atoms with E-state index >= 15 is 0 Å². The van der Waals surface area contributed by atoms with Gasteiger partial charge < -0.3 is 5.32 Å². The molecule has 1 unspecified atom stereocenters. The Morgan fingerprint density at radius 3 is 2.67 bits per heavy atom. The van der Waals surface area contributed by atoms with Gasteiger partial charge in [-0.2, -0.15) is 0 Å². The Bertz CT molecular complexity index is 495. The molecule has 1 heterocycles. The highest BCUT2D eigenvalue weighted by Gasteiger charge is 2.31. The Kier molecular flexibility index (Phi) is 3.99. The summed E-state index contributed by atoms with van der Waals surface area (Å²) < 4.78 is 26.8. The highest BCUT2D eigenvalue weighted by Crippen LogP contribution is 2.32. The number of nitrogens with zero attached hydrogens (tertiary/aromatic N) is 1. The molecular weight excluding hydrogens is 250 g/mol. The maximum absolute atomic E-state index is 12.1. The molecule has 1 aliphatic rings. The molecule has 0 spiro atoms. The minimum absolute atomic E-state index is 0.00575. The summed E-state index contributed by atoms with van der Waals surface area (Å²) in [5, 5.41) is 3.08. The van der Waals surface area contributed by atoms with Gasteiger partial charge in [-0.1, -0.05) is 6.07 Å². The molecule has 0 aromatic carbocycles. The van der Waals surface area contributed by atoms with Crippen molar-refractivity contribution in [3.63, 3.8) is 0 Å². The van der Waals surface area contributed by atoms with Gasteiger partial charge in [-0.25, -0.2) is 18.1 Å². The Balaban J connectivity index is 2.08. The first-order valence-corrected chi connectivity index (χ1v) is 7.63. The molecule has 0 radical (unpaired) electrons. The van der Waals surface area contributed by atoms with Crippen LogP contribution in [0.5, 0.6) is 0 Å². The van der Waals surface area contributed by atoms with Crippen LogP contribution in [0.3, 0.4) is 0 Å². The summed E-state index contributed by atoms with van der Waals surface area (Å²) in [7, 11) is -1.64. The fourth-order valence-corrected chi connectivity index (χ4v) is 3.12. The van der Waals surface area contributed by atoms with Crippen LogP contribution in [0.2, 0.25) is 0 Å². The lowest BCUT2D eigenvalue weighted by molar-refractivity contribution is 0.535. The smallest absolute Gasteiger partial charge is 0.258 e. The average molecular weight is 269 g/mol. The molecule has 0 aliphatic heterocycles. The number of pyridine rings is 1. The number of aromatic nitrogens is 1. The highest BCUT2D eigenvalue weighted by atomic mass is 32.2. The maximum Gasteiger partial charge on any atom is 0.258 e. The Morgan fingerprint density at radius 2 is 2.17 bits per heavy atom. The van der Waals surface area contributed by atoms with Gasteiger partial charge in [-0.15, -0.1) is 0 Å². The van der Waals surface area contributed by atoms with Gasteiger partial charge in [-0.3, -0.25) is 0 Å². The number of sulfonamides is 1. The fraction of sp³-hybridized carbons (Fsp3) is 0.583. The van der Waals surface area contributed by atoms with Crippen LogP contribution in [-0.4, -0.2) is 26.5 Å². The SMILES string of the molecule is CNCc1ccc(S(=O)(=O)NC(C)C2CC2)nc1. The third kappa shape index (κ3) is 3.28. The zero-order valence-corrected chi connectivity index (χ0v) is 11.5. The van der Waals surface area contributed by atoms with Crippen molar-refractivity contribution >= 4 is 10.0 Å². The minimum atomic E-state index is -3.48. The van der Waals surface area contributed by atoms with Gasteiger partial charge in [0.2, 0.25) is 0 Å². The minimum Gasteiger partial charge on any atom is -0.316 e. The Labute approximate surface area is 108 Å². The zero-order chi connectivity index (χ0) is 13.2. The van der Waals surface area contributed by atoms with Gasteiger partial charge in [0.05, 0.1) is 0 Å². The van der Waals surface area contributed by atoms with Crippen LogP contribution in [0.15, 0.2) is 23.4 Å². The second-order valence-electron chi connectivity index (χ2n) is 4.78. The molecule has 6 heteroatoms. The van der Waals surface area contributed by atoms with Crippen LogP contribution in [0.25, 0.3) is 0 Å². The summed E-state index contributed by atoms with van der Waals surface area (Å²) in [6, 6.07) is 3.32. The molecule has 1 saturated carbocycles. The first kappa shape index (κ1) is 13.5. The molecule has 1 aromatic heterocycles. The molecule has 1 aliphatic carbocycles.